The number of likely N-dealkylation sites (tertiary alicyclic amines) is 1. The zero-order valence-corrected chi connectivity index (χ0v) is 12.3. The molecule has 1 aliphatic rings. The summed E-state index contributed by atoms with van der Waals surface area (Å²) in [5, 5.41) is 13.2. The lowest BCUT2D eigenvalue weighted by Crippen LogP contribution is -2.35. The van der Waals surface area contributed by atoms with Crippen molar-refractivity contribution >= 4 is 5.97 Å². The van der Waals surface area contributed by atoms with E-state index in [1.54, 1.807) is 0 Å². The molecular formula is C16H19N3O3. The molecule has 1 unspecified atom stereocenters. The molecular weight excluding hydrogens is 282 g/mol. The van der Waals surface area contributed by atoms with Gasteiger partial charge in [-0.05, 0) is 31.4 Å². The third kappa shape index (κ3) is 3.51. The Kier molecular flexibility index (Phi) is 4.48. The first-order chi connectivity index (χ1) is 10.7. The predicted molar refractivity (Wildman–Crippen MR) is 79.2 cm³/mol. The van der Waals surface area contributed by atoms with Crippen LogP contribution in [-0.2, 0) is 24.2 Å². The van der Waals surface area contributed by atoms with Crippen LogP contribution in [0.15, 0.2) is 34.9 Å². The molecule has 6 nitrogen and oxygen atoms in total. The third-order valence-corrected chi connectivity index (χ3v) is 3.98. The number of carboxylic acids is 1. The maximum atomic E-state index is 11.2. The van der Waals surface area contributed by atoms with Gasteiger partial charge < -0.3 is 9.63 Å². The summed E-state index contributed by atoms with van der Waals surface area (Å²) in [6.45, 7) is 1.17. The van der Waals surface area contributed by atoms with E-state index in [0.717, 1.165) is 25.8 Å². The minimum atomic E-state index is -0.777. The van der Waals surface area contributed by atoms with Crippen LogP contribution in [0.4, 0.5) is 0 Å². The highest BCUT2D eigenvalue weighted by Crippen LogP contribution is 2.19. The molecule has 1 aromatic heterocycles. The summed E-state index contributed by atoms with van der Waals surface area (Å²) >= 11 is 0. The van der Waals surface area contributed by atoms with Crippen LogP contribution in [-0.4, -0.2) is 38.7 Å². The first-order valence-corrected chi connectivity index (χ1v) is 7.54. The van der Waals surface area contributed by atoms with Crippen molar-refractivity contribution in [1.29, 1.82) is 0 Å². The summed E-state index contributed by atoms with van der Waals surface area (Å²) in [4.78, 5) is 17.4. The van der Waals surface area contributed by atoms with Gasteiger partial charge in [-0.15, -0.1) is 0 Å². The third-order valence-electron chi connectivity index (χ3n) is 3.98. The Balaban J connectivity index is 1.56. The van der Waals surface area contributed by atoms with Gasteiger partial charge in [0.2, 0.25) is 5.89 Å². The summed E-state index contributed by atoms with van der Waals surface area (Å²) in [5.74, 6) is 0.391. The number of hydrogen-bond acceptors (Lipinski definition) is 5. The van der Waals surface area contributed by atoms with Crippen molar-refractivity contribution < 1.29 is 14.4 Å². The average molecular weight is 301 g/mol. The number of benzene rings is 1. The molecule has 1 atom stereocenters. The molecule has 2 heterocycles. The summed E-state index contributed by atoms with van der Waals surface area (Å²) in [6, 6.07) is 9.72. The number of rotatable bonds is 6. The monoisotopic (exact) mass is 301 g/mol. The van der Waals surface area contributed by atoms with Crippen molar-refractivity contribution in [1.82, 2.24) is 15.0 Å². The molecule has 1 aromatic carbocycles. The Morgan fingerprint density at radius 2 is 2.14 bits per heavy atom. The number of nitrogens with zero attached hydrogens (tertiary/aromatic N) is 3. The van der Waals surface area contributed by atoms with Gasteiger partial charge in [-0.1, -0.05) is 35.5 Å². The zero-order valence-electron chi connectivity index (χ0n) is 12.3. The topological polar surface area (TPSA) is 79.5 Å². The van der Waals surface area contributed by atoms with Gasteiger partial charge >= 0.3 is 5.97 Å². The number of hydrogen-bond donors (Lipinski definition) is 1. The molecule has 1 N–H and O–H groups in total. The van der Waals surface area contributed by atoms with Crippen LogP contribution in [0.2, 0.25) is 0 Å². The minimum Gasteiger partial charge on any atom is -0.480 e. The van der Waals surface area contributed by atoms with Crippen LogP contribution in [0.1, 0.15) is 30.1 Å². The van der Waals surface area contributed by atoms with E-state index in [9.17, 15) is 4.79 Å². The largest absolute Gasteiger partial charge is 0.480 e. The Labute approximate surface area is 128 Å². The van der Waals surface area contributed by atoms with Gasteiger partial charge in [-0.2, -0.15) is 4.98 Å². The van der Waals surface area contributed by atoms with Crippen LogP contribution in [0.25, 0.3) is 0 Å². The van der Waals surface area contributed by atoms with Gasteiger partial charge in [0.15, 0.2) is 5.82 Å². The average Bonchev–Trinajstić information content (AvgIpc) is 3.16. The quantitative estimate of drug-likeness (QED) is 0.878. The van der Waals surface area contributed by atoms with Crippen molar-refractivity contribution in [3.8, 4) is 0 Å². The van der Waals surface area contributed by atoms with Crippen LogP contribution in [0.5, 0.6) is 0 Å². The van der Waals surface area contributed by atoms with Crippen molar-refractivity contribution in [3.63, 3.8) is 0 Å². The highest BCUT2D eigenvalue weighted by atomic mass is 16.5. The van der Waals surface area contributed by atoms with Gasteiger partial charge in [-0.25, -0.2) is 0 Å². The van der Waals surface area contributed by atoms with Gasteiger partial charge in [0.05, 0.1) is 6.54 Å². The van der Waals surface area contributed by atoms with Crippen molar-refractivity contribution in [2.75, 3.05) is 6.54 Å². The van der Waals surface area contributed by atoms with Crippen molar-refractivity contribution in [2.45, 2.75) is 38.3 Å². The number of carboxylic acid groups (broad SMARTS) is 1. The number of aryl methyl sites for hydroxylation is 2. The molecule has 22 heavy (non-hydrogen) atoms. The van der Waals surface area contributed by atoms with Crippen LogP contribution < -0.4 is 0 Å². The van der Waals surface area contributed by atoms with E-state index in [2.05, 4.69) is 22.3 Å². The first kappa shape index (κ1) is 14.7. The van der Waals surface area contributed by atoms with E-state index in [1.807, 2.05) is 23.1 Å². The molecule has 0 bridgehead atoms. The van der Waals surface area contributed by atoms with Crippen LogP contribution in [0.3, 0.4) is 0 Å². The van der Waals surface area contributed by atoms with Gasteiger partial charge in [0, 0.05) is 6.42 Å². The fourth-order valence-corrected chi connectivity index (χ4v) is 2.83. The Bertz CT molecular complexity index is 627. The lowest BCUT2D eigenvalue weighted by molar-refractivity contribution is -0.142. The summed E-state index contributed by atoms with van der Waals surface area (Å²) in [5.41, 5.74) is 1.24. The summed E-state index contributed by atoms with van der Waals surface area (Å²) < 4.78 is 5.25. The lowest BCUT2D eigenvalue weighted by Gasteiger charge is -2.18. The Morgan fingerprint density at radius 3 is 2.91 bits per heavy atom. The molecule has 0 saturated carbocycles. The second-order valence-electron chi connectivity index (χ2n) is 5.56. The first-order valence-electron chi connectivity index (χ1n) is 7.54. The Hall–Kier alpha value is -2.21. The SMILES string of the molecule is O=C(O)C1CCCN1Cc1nc(CCc2ccccc2)no1. The highest BCUT2D eigenvalue weighted by Gasteiger charge is 2.31. The fourth-order valence-electron chi connectivity index (χ4n) is 2.83. The predicted octanol–water partition coefficient (Wildman–Crippen LogP) is 1.90. The molecule has 1 saturated heterocycles. The fraction of sp³-hybridized carbons (Fsp3) is 0.438. The number of aliphatic carboxylic acids is 1. The second kappa shape index (κ2) is 6.70. The molecule has 3 rings (SSSR count). The second-order valence-corrected chi connectivity index (χ2v) is 5.56. The molecule has 0 radical (unpaired) electrons. The number of carbonyl (C=O) groups is 1. The minimum absolute atomic E-state index is 0.412. The van der Waals surface area contributed by atoms with Crippen LogP contribution in [0, 0.1) is 0 Å². The molecule has 116 valence electrons. The molecule has 2 aromatic rings. The van der Waals surface area contributed by atoms with E-state index in [-0.39, 0.29) is 0 Å². The standard InChI is InChI=1S/C16H19N3O3/c20-16(21)13-7-4-10-19(13)11-15-17-14(18-22-15)9-8-12-5-2-1-3-6-12/h1-3,5-6,13H,4,7-11H2,(H,20,21). The van der Waals surface area contributed by atoms with Gasteiger partial charge in [0.1, 0.15) is 6.04 Å². The van der Waals surface area contributed by atoms with E-state index >= 15 is 0 Å². The maximum Gasteiger partial charge on any atom is 0.320 e. The van der Waals surface area contributed by atoms with Crippen molar-refractivity contribution in [2.24, 2.45) is 0 Å². The van der Waals surface area contributed by atoms with E-state index in [4.69, 9.17) is 9.63 Å². The molecule has 6 heteroatoms. The lowest BCUT2D eigenvalue weighted by atomic mass is 10.1. The molecule has 0 amide bonds. The normalized spacial score (nSPS) is 18.6. The molecule has 0 spiro atoms. The van der Waals surface area contributed by atoms with Gasteiger partial charge in [-0.3, -0.25) is 9.69 Å². The van der Waals surface area contributed by atoms with Crippen molar-refractivity contribution in [3.05, 3.63) is 47.6 Å². The molecule has 0 aliphatic carbocycles. The Morgan fingerprint density at radius 1 is 1.32 bits per heavy atom. The smallest absolute Gasteiger partial charge is 0.320 e. The highest BCUT2D eigenvalue weighted by molar-refractivity contribution is 5.73. The van der Waals surface area contributed by atoms with E-state index < -0.39 is 12.0 Å². The van der Waals surface area contributed by atoms with E-state index in [1.165, 1.54) is 5.56 Å². The zero-order chi connectivity index (χ0) is 15.4. The summed E-state index contributed by atoms with van der Waals surface area (Å²) in [6.07, 6.45) is 3.16. The number of aromatic nitrogens is 2. The summed E-state index contributed by atoms with van der Waals surface area (Å²) in [7, 11) is 0. The van der Waals surface area contributed by atoms with E-state index in [0.29, 0.717) is 24.7 Å². The maximum absolute atomic E-state index is 11.2. The van der Waals surface area contributed by atoms with Crippen LogP contribution >= 0.6 is 0 Å². The molecule has 1 fully saturated rings. The molecule has 1 aliphatic heterocycles. The van der Waals surface area contributed by atoms with Gasteiger partial charge in [0.25, 0.3) is 0 Å².